The molecule has 124 valence electrons. The van der Waals surface area contributed by atoms with E-state index in [9.17, 15) is 4.79 Å². The number of anilines is 1. The van der Waals surface area contributed by atoms with Crippen molar-refractivity contribution in [3.05, 3.63) is 54.1 Å². The van der Waals surface area contributed by atoms with E-state index in [1.807, 2.05) is 0 Å². The van der Waals surface area contributed by atoms with Gasteiger partial charge in [0.05, 0.1) is 18.4 Å². The number of nitrogens with two attached hydrogens (primary N) is 3. The van der Waals surface area contributed by atoms with Gasteiger partial charge in [-0.25, -0.2) is 4.99 Å². The van der Waals surface area contributed by atoms with Crippen LogP contribution in [-0.4, -0.2) is 24.9 Å². The third-order valence-corrected chi connectivity index (χ3v) is 2.95. The van der Waals surface area contributed by atoms with Crippen LogP contribution in [0.3, 0.4) is 0 Å². The summed E-state index contributed by atoms with van der Waals surface area (Å²) in [4.78, 5) is 20.2. The van der Waals surface area contributed by atoms with Gasteiger partial charge >= 0.3 is 0 Å². The Morgan fingerprint density at radius 1 is 1.08 bits per heavy atom. The van der Waals surface area contributed by atoms with Gasteiger partial charge in [-0.3, -0.25) is 4.79 Å². The molecule has 7 N–H and O–H groups in total. The molecule has 8 heteroatoms. The molecule has 0 aromatic heterocycles. The number of carbonyl (C=O) groups is 1. The summed E-state index contributed by atoms with van der Waals surface area (Å²) in [5.74, 6) is -0.0672. The molecule has 0 aliphatic rings. The van der Waals surface area contributed by atoms with Gasteiger partial charge in [0.2, 0.25) is 5.96 Å². The number of nitrogens with zero attached hydrogens (tertiary/aromatic N) is 2. The van der Waals surface area contributed by atoms with Crippen LogP contribution in [0.1, 0.15) is 10.4 Å². The highest BCUT2D eigenvalue weighted by Gasteiger charge is 2.11. The Balaban J connectivity index is 2.28. The van der Waals surface area contributed by atoms with Crippen molar-refractivity contribution in [3.8, 4) is 5.75 Å². The van der Waals surface area contributed by atoms with E-state index in [-0.39, 0.29) is 17.8 Å². The Bertz CT molecular complexity index is 797. The van der Waals surface area contributed by atoms with Crippen LogP contribution in [0.15, 0.2) is 58.5 Å². The average Bonchev–Trinajstić information content (AvgIpc) is 2.54. The summed E-state index contributed by atoms with van der Waals surface area (Å²) in [6, 6.07) is 13.7. The lowest BCUT2D eigenvalue weighted by Gasteiger charge is -2.09. The van der Waals surface area contributed by atoms with Crippen molar-refractivity contribution in [3.63, 3.8) is 0 Å². The van der Waals surface area contributed by atoms with Gasteiger partial charge in [-0.05, 0) is 24.3 Å². The molecular weight excluding hydrogens is 308 g/mol. The first-order valence-electron chi connectivity index (χ1n) is 6.98. The van der Waals surface area contributed by atoms with Crippen LogP contribution in [0.5, 0.6) is 5.75 Å². The maximum absolute atomic E-state index is 12.5. The summed E-state index contributed by atoms with van der Waals surface area (Å²) in [5.41, 5.74) is 17.4. The number of methoxy groups -OCH3 is 1. The number of ether oxygens (including phenoxy) is 1. The quantitative estimate of drug-likeness (QED) is 0.493. The van der Waals surface area contributed by atoms with Crippen molar-refractivity contribution >= 4 is 29.2 Å². The third-order valence-electron chi connectivity index (χ3n) is 2.95. The molecule has 0 heterocycles. The normalized spacial score (nSPS) is 10.8. The van der Waals surface area contributed by atoms with Gasteiger partial charge in [-0.2, -0.15) is 4.99 Å². The van der Waals surface area contributed by atoms with Crippen LogP contribution in [0.4, 0.5) is 11.4 Å². The zero-order valence-corrected chi connectivity index (χ0v) is 13.1. The molecule has 2 aromatic rings. The van der Waals surface area contributed by atoms with E-state index in [1.165, 1.54) is 0 Å². The van der Waals surface area contributed by atoms with Crippen LogP contribution >= 0.6 is 0 Å². The highest BCUT2D eigenvalue weighted by molar-refractivity contribution is 6.08. The predicted molar refractivity (Wildman–Crippen MR) is 94.5 cm³/mol. The molecule has 24 heavy (non-hydrogen) atoms. The van der Waals surface area contributed by atoms with E-state index in [0.29, 0.717) is 22.7 Å². The Morgan fingerprint density at radius 3 is 2.54 bits per heavy atom. The maximum Gasteiger partial charge on any atom is 0.257 e. The molecule has 0 aliphatic carbocycles. The lowest BCUT2D eigenvalue weighted by Crippen LogP contribution is -2.26. The van der Waals surface area contributed by atoms with Gasteiger partial charge in [-0.15, -0.1) is 0 Å². The first kappa shape index (κ1) is 16.8. The summed E-state index contributed by atoms with van der Waals surface area (Å²) in [5, 5.41) is 2.77. The van der Waals surface area contributed by atoms with Gasteiger partial charge in [0.25, 0.3) is 5.91 Å². The van der Waals surface area contributed by atoms with Crippen LogP contribution in [0.25, 0.3) is 0 Å². The van der Waals surface area contributed by atoms with Crippen molar-refractivity contribution in [1.82, 2.24) is 0 Å². The number of nitrogens with one attached hydrogen (secondary N) is 1. The Hall–Kier alpha value is -3.55. The first-order chi connectivity index (χ1) is 11.5. The molecule has 0 fully saturated rings. The zero-order chi connectivity index (χ0) is 17.5. The topological polar surface area (TPSA) is 141 Å². The van der Waals surface area contributed by atoms with Gasteiger partial charge in [0, 0.05) is 11.8 Å². The molecule has 8 nitrogen and oxygen atoms in total. The van der Waals surface area contributed by atoms with Crippen molar-refractivity contribution in [2.75, 3.05) is 12.4 Å². The number of aliphatic imine (C=N–C) groups is 2. The number of hydrogen-bond acceptors (Lipinski definition) is 3. The minimum atomic E-state index is -0.347. The molecule has 0 atom stereocenters. The predicted octanol–water partition coefficient (Wildman–Crippen LogP) is 1.17. The minimum absolute atomic E-state index is 0.142. The van der Waals surface area contributed by atoms with Crippen molar-refractivity contribution < 1.29 is 9.53 Å². The summed E-state index contributed by atoms with van der Waals surface area (Å²) in [7, 11) is 1.55. The van der Waals surface area contributed by atoms with E-state index in [0.717, 1.165) is 0 Å². The van der Waals surface area contributed by atoms with Gasteiger partial charge < -0.3 is 27.3 Å². The second kappa shape index (κ2) is 7.63. The smallest absolute Gasteiger partial charge is 0.257 e. The zero-order valence-electron chi connectivity index (χ0n) is 13.1. The van der Waals surface area contributed by atoms with Crippen LogP contribution in [-0.2, 0) is 0 Å². The first-order valence-corrected chi connectivity index (χ1v) is 6.98. The van der Waals surface area contributed by atoms with E-state index in [4.69, 9.17) is 21.9 Å². The molecule has 2 aromatic carbocycles. The second-order valence-electron chi connectivity index (χ2n) is 4.71. The molecule has 0 saturated heterocycles. The monoisotopic (exact) mass is 326 g/mol. The average molecular weight is 326 g/mol. The fraction of sp³-hybridized carbons (Fsp3) is 0.0625. The van der Waals surface area contributed by atoms with Crippen LogP contribution in [0, 0.1) is 0 Å². The number of para-hydroxylation sites is 1. The SMILES string of the molecule is COc1cccc(NC(=O)c2ccccc2N=C(N)N=C(N)N)c1. The highest BCUT2D eigenvalue weighted by Crippen LogP contribution is 2.22. The summed E-state index contributed by atoms with van der Waals surface area (Å²) < 4.78 is 5.13. The molecule has 0 bridgehead atoms. The van der Waals surface area contributed by atoms with Crippen LogP contribution < -0.4 is 27.3 Å². The summed E-state index contributed by atoms with van der Waals surface area (Å²) in [6.07, 6.45) is 0. The third kappa shape index (κ3) is 4.47. The van der Waals surface area contributed by atoms with Gasteiger partial charge in [0.15, 0.2) is 5.96 Å². The highest BCUT2D eigenvalue weighted by atomic mass is 16.5. The molecule has 0 unspecified atom stereocenters. The summed E-state index contributed by atoms with van der Waals surface area (Å²) >= 11 is 0. The summed E-state index contributed by atoms with van der Waals surface area (Å²) in [6.45, 7) is 0. The fourth-order valence-electron chi connectivity index (χ4n) is 1.94. The number of carbonyl (C=O) groups excluding carboxylic acids is 1. The van der Waals surface area contributed by atoms with Gasteiger partial charge in [-0.1, -0.05) is 18.2 Å². The molecular formula is C16H18N6O2. The van der Waals surface area contributed by atoms with Gasteiger partial charge in [0.1, 0.15) is 5.75 Å². The van der Waals surface area contributed by atoms with Crippen molar-refractivity contribution in [1.29, 1.82) is 0 Å². The lowest BCUT2D eigenvalue weighted by molar-refractivity contribution is 0.102. The Morgan fingerprint density at radius 2 is 1.83 bits per heavy atom. The fourth-order valence-corrected chi connectivity index (χ4v) is 1.94. The minimum Gasteiger partial charge on any atom is -0.497 e. The molecule has 0 radical (unpaired) electrons. The number of rotatable bonds is 4. The number of guanidine groups is 2. The molecule has 2 rings (SSSR count). The Kier molecular flexibility index (Phi) is 5.35. The maximum atomic E-state index is 12.5. The number of benzene rings is 2. The largest absolute Gasteiger partial charge is 0.497 e. The van der Waals surface area contributed by atoms with E-state index < -0.39 is 0 Å². The van der Waals surface area contributed by atoms with Crippen molar-refractivity contribution in [2.45, 2.75) is 0 Å². The Labute approximate surface area is 139 Å². The van der Waals surface area contributed by atoms with Crippen molar-refractivity contribution in [2.24, 2.45) is 27.2 Å². The van der Waals surface area contributed by atoms with E-state index in [1.54, 1.807) is 55.6 Å². The second-order valence-corrected chi connectivity index (χ2v) is 4.71. The lowest BCUT2D eigenvalue weighted by atomic mass is 10.1. The molecule has 1 amide bonds. The number of hydrogen-bond donors (Lipinski definition) is 4. The van der Waals surface area contributed by atoms with E-state index >= 15 is 0 Å². The standard InChI is InChI=1S/C16H18N6O2/c1-24-11-6-4-5-10(9-11)20-14(23)12-7-2-3-8-13(12)21-16(19)22-15(17)18/h2-9H,1H3,(H,20,23)(H6,17,18,19,21,22). The number of amides is 1. The molecule has 0 spiro atoms. The molecule has 0 aliphatic heterocycles. The van der Waals surface area contributed by atoms with E-state index in [2.05, 4.69) is 15.3 Å². The van der Waals surface area contributed by atoms with Crippen LogP contribution in [0.2, 0.25) is 0 Å². The molecule has 0 saturated carbocycles.